The van der Waals surface area contributed by atoms with Crippen LogP contribution in [0.15, 0.2) is 0 Å². The fourth-order valence-corrected chi connectivity index (χ4v) is 1.41. The van der Waals surface area contributed by atoms with E-state index in [0.29, 0.717) is 13.0 Å². The van der Waals surface area contributed by atoms with Crippen LogP contribution in [0.4, 0.5) is 0 Å². The second-order valence-electron chi connectivity index (χ2n) is 3.85. The van der Waals surface area contributed by atoms with Crippen LogP contribution in [0.2, 0.25) is 0 Å². The van der Waals surface area contributed by atoms with E-state index in [4.69, 9.17) is 20.3 Å². The normalized spacial score (nSPS) is 34.4. The van der Waals surface area contributed by atoms with Crippen molar-refractivity contribution in [3.05, 3.63) is 0 Å². The highest BCUT2D eigenvalue weighted by molar-refractivity contribution is 5.72. The van der Waals surface area contributed by atoms with Gasteiger partial charge in [-0.3, -0.25) is 0 Å². The Kier molecular flexibility index (Phi) is 3.86. The zero-order valence-corrected chi connectivity index (χ0v) is 8.47. The topological polar surface area (TPSA) is 81.8 Å². The van der Waals surface area contributed by atoms with Gasteiger partial charge in [0.05, 0.1) is 6.61 Å². The number of carbonyl (C=O) groups is 1. The van der Waals surface area contributed by atoms with Gasteiger partial charge in [-0.2, -0.15) is 0 Å². The molecule has 0 radical (unpaired) electrons. The van der Waals surface area contributed by atoms with Crippen molar-refractivity contribution in [3.8, 4) is 0 Å². The number of carboxylic acid groups (broad SMARTS) is 1. The Labute approximate surface area is 83.2 Å². The van der Waals surface area contributed by atoms with E-state index in [9.17, 15) is 4.79 Å². The minimum Gasteiger partial charge on any atom is -0.479 e. The Morgan fingerprint density at radius 3 is 2.86 bits per heavy atom. The molecule has 1 saturated heterocycles. The van der Waals surface area contributed by atoms with Gasteiger partial charge in [0.25, 0.3) is 0 Å². The lowest BCUT2D eigenvalue weighted by Gasteiger charge is -2.16. The predicted octanol–water partition coefficient (Wildman–Crippen LogP) is 0.186. The molecule has 0 spiro atoms. The maximum absolute atomic E-state index is 10.6. The Hall–Kier alpha value is -0.650. The van der Waals surface area contributed by atoms with E-state index in [0.717, 1.165) is 0 Å². The monoisotopic (exact) mass is 203 g/mol. The molecule has 4 atom stereocenters. The highest BCUT2D eigenvalue weighted by Crippen LogP contribution is 2.26. The Bertz CT molecular complexity index is 207. The lowest BCUT2D eigenvalue weighted by Crippen LogP contribution is -2.29. The summed E-state index contributed by atoms with van der Waals surface area (Å²) in [5, 5.41) is 8.72. The molecule has 0 bridgehead atoms. The molecule has 0 aromatic carbocycles. The summed E-state index contributed by atoms with van der Waals surface area (Å²) in [6, 6.07) is -0.0605. The number of carboxylic acids is 1. The maximum Gasteiger partial charge on any atom is 0.332 e. The number of aliphatic carboxylic acids is 1. The molecule has 14 heavy (non-hydrogen) atoms. The number of hydrogen-bond acceptors (Lipinski definition) is 4. The summed E-state index contributed by atoms with van der Waals surface area (Å²) in [4.78, 5) is 10.6. The molecule has 0 amide bonds. The maximum atomic E-state index is 10.6. The number of nitrogens with two attached hydrogens (primary N) is 1. The molecule has 5 nitrogen and oxygen atoms in total. The van der Waals surface area contributed by atoms with E-state index < -0.39 is 18.4 Å². The minimum absolute atomic E-state index is 0.0605. The van der Waals surface area contributed by atoms with Gasteiger partial charge in [0, 0.05) is 12.0 Å². The van der Waals surface area contributed by atoms with Crippen LogP contribution in [0, 0.1) is 5.92 Å². The molecular weight excluding hydrogens is 186 g/mol. The Morgan fingerprint density at radius 2 is 2.43 bits per heavy atom. The lowest BCUT2D eigenvalue weighted by molar-refractivity contribution is -0.173. The third-order valence-corrected chi connectivity index (χ3v) is 2.15. The first-order valence-corrected chi connectivity index (χ1v) is 4.76. The van der Waals surface area contributed by atoms with Crippen LogP contribution in [-0.2, 0) is 14.3 Å². The molecule has 82 valence electrons. The van der Waals surface area contributed by atoms with Crippen molar-refractivity contribution in [2.24, 2.45) is 11.7 Å². The minimum atomic E-state index is -0.927. The van der Waals surface area contributed by atoms with Crippen LogP contribution >= 0.6 is 0 Å². The van der Waals surface area contributed by atoms with Crippen LogP contribution in [0.25, 0.3) is 0 Å². The van der Waals surface area contributed by atoms with E-state index in [-0.39, 0.29) is 12.0 Å². The molecule has 1 aliphatic rings. The van der Waals surface area contributed by atoms with E-state index in [1.54, 1.807) is 0 Å². The van der Waals surface area contributed by atoms with Crippen molar-refractivity contribution >= 4 is 5.97 Å². The molecule has 0 aromatic rings. The van der Waals surface area contributed by atoms with Crippen LogP contribution < -0.4 is 5.73 Å². The highest BCUT2D eigenvalue weighted by atomic mass is 16.7. The lowest BCUT2D eigenvalue weighted by atomic mass is 10.1. The quantitative estimate of drug-likeness (QED) is 0.681. The summed E-state index contributed by atoms with van der Waals surface area (Å²) in [5.74, 6) is -0.821. The van der Waals surface area contributed by atoms with Crippen LogP contribution in [0.3, 0.4) is 0 Å². The molecule has 1 aliphatic heterocycles. The molecule has 0 saturated carbocycles. The standard InChI is InChI=1S/C9H17NO4/c1-5-3-7(8(11)12)14-9(5)13-4-6(2)10/h5-7,9H,3-4,10H2,1-2H3,(H,11,12). The van der Waals surface area contributed by atoms with Crippen molar-refractivity contribution in [2.75, 3.05) is 6.61 Å². The van der Waals surface area contributed by atoms with Gasteiger partial charge in [0.15, 0.2) is 12.4 Å². The van der Waals surface area contributed by atoms with Gasteiger partial charge >= 0.3 is 5.97 Å². The largest absolute Gasteiger partial charge is 0.479 e. The van der Waals surface area contributed by atoms with Crippen molar-refractivity contribution in [2.45, 2.75) is 38.7 Å². The molecule has 0 aromatic heterocycles. The molecular formula is C9H17NO4. The van der Waals surface area contributed by atoms with Crippen LogP contribution in [0.1, 0.15) is 20.3 Å². The fourth-order valence-electron chi connectivity index (χ4n) is 1.41. The highest BCUT2D eigenvalue weighted by Gasteiger charge is 2.36. The molecule has 1 heterocycles. The van der Waals surface area contributed by atoms with E-state index >= 15 is 0 Å². The first kappa shape index (κ1) is 11.4. The first-order valence-electron chi connectivity index (χ1n) is 4.76. The van der Waals surface area contributed by atoms with Crippen molar-refractivity contribution in [1.29, 1.82) is 0 Å². The Morgan fingerprint density at radius 1 is 1.79 bits per heavy atom. The van der Waals surface area contributed by atoms with Gasteiger partial charge in [0.1, 0.15) is 0 Å². The average molecular weight is 203 g/mol. The average Bonchev–Trinajstić information content (AvgIpc) is 2.43. The summed E-state index contributed by atoms with van der Waals surface area (Å²) in [5.41, 5.74) is 5.51. The van der Waals surface area contributed by atoms with Crippen molar-refractivity contribution < 1.29 is 19.4 Å². The second-order valence-corrected chi connectivity index (χ2v) is 3.85. The predicted molar refractivity (Wildman–Crippen MR) is 49.7 cm³/mol. The summed E-state index contributed by atoms with van der Waals surface area (Å²) >= 11 is 0. The van der Waals surface area contributed by atoms with Crippen LogP contribution in [0.5, 0.6) is 0 Å². The van der Waals surface area contributed by atoms with Gasteiger partial charge in [-0.05, 0) is 13.3 Å². The molecule has 1 fully saturated rings. The zero-order valence-electron chi connectivity index (χ0n) is 8.47. The first-order chi connectivity index (χ1) is 6.50. The zero-order chi connectivity index (χ0) is 10.7. The Balaban J connectivity index is 2.37. The fraction of sp³-hybridized carbons (Fsp3) is 0.889. The number of hydrogen-bond donors (Lipinski definition) is 2. The van der Waals surface area contributed by atoms with E-state index in [1.807, 2.05) is 13.8 Å². The van der Waals surface area contributed by atoms with Gasteiger partial charge in [-0.15, -0.1) is 0 Å². The van der Waals surface area contributed by atoms with E-state index in [2.05, 4.69) is 0 Å². The molecule has 3 N–H and O–H groups in total. The summed E-state index contributed by atoms with van der Waals surface area (Å²) < 4.78 is 10.6. The van der Waals surface area contributed by atoms with Gasteiger partial charge in [-0.25, -0.2) is 4.79 Å². The third-order valence-electron chi connectivity index (χ3n) is 2.15. The van der Waals surface area contributed by atoms with Gasteiger partial charge in [0.2, 0.25) is 0 Å². The van der Waals surface area contributed by atoms with E-state index in [1.165, 1.54) is 0 Å². The summed E-state index contributed by atoms with van der Waals surface area (Å²) in [6.45, 7) is 4.13. The van der Waals surface area contributed by atoms with Gasteiger partial charge < -0.3 is 20.3 Å². The molecule has 1 rings (SSSR count). The SMILES string of the molecule is CC(N)COC1OC(C(=O)O)CC1C. The summed E-state index contributed by atoms with van der Waals surface area (Å²) in [6.07, 6.45) is -0.663. The molecule has 0 aliphatic carbocycles. The number of ether oxygens (including phenoxy) is 2. The number of rotatable bonds is 4. The smallest absolute Gasteiger partial charge is 0.332 e. The molecule has 4 unspecified atom stereocenters. The summed E-state index contributed by atoms with van der Waals surface area (Å²) in [7, 11) is 0. The third kappa shape index (κ3) is 2.94. The van der Waals surface area contributed by atoms with Gasteiger partial charge in [-0.1, -0.05) is 6.92 Å². The molecule has 5 heteroatoms. The van der Waals surface area contributed by atoms with Crippen molar-refractivity contribution in [3.63, 3.8) is 0 Å². The van der Waals surface area contributed by atoms with Crippen molar-refractivity contribution in [1.82, 2.24) is 0 Å². The van der Waals surface area contributed by atoms with Crippen LogP contribution in [-0.4, -0.2) is 36.1 Å². The second kappa shape index (κ2) is 4.72.